The molecule has 0 radical (unpaired) electrons. The van der Waals surface area contributed by atoms with Crippen LogP contribution in [-0.4, -0.2) is 88.0 Å². The number of nitrogens with one attached hydrogen (secondary N) is 1. The van der Waals surface area contributed by atoms with Gasteiger partial charge in [0.1, 0.15) is 0 Å². The lowest BCUT2D eigenvalue weighted by Gasteiger charge is -2.32. The van der Waals surface area contributed by atoms with E-state index < -0.39 is 10.0 Å². The number of nitrogens with zero attached hydrogens (tertiary/aromatic N) is 3. The number of carbonyl (C=O) groups excluding carboxylic acids is 1. The second-order valence-electron chi connectivity index (χ2n) is 8.99. The fourth-order valence-corrected chi connectivity index (χ4v) is 5.67. The number of hydrogen-bond donors (Lipinski definition) is 1. The summed E-state index contributed by atoms with van der Waals surface area (Å²) in [6, 6.07) is 14.9. The van der Waals surface area contributed by atoms with Gasteiger partial charge in [-0.2, -0.15) is 4.31 Å². The molecule has 0 unspecified atom stereocenters. The fourth-order valence-electron chi connectivity index (χ4n) is 4.26. The molecule has 0 aliphatic carbocycles. The summed E-state index contributed by atoms with van der Waals surface area (Å²) in [5.41, 5.74) is 2.93. The van der Waals surface area contributed by atoms with Crippen LogP contribution in [0.1, 0.15) is 17.5 Å². The van der Waals surface area contributed by atoms with E-state index in [1.165, 1.54) is 9.87 Å². The number of aryl methyl sites for hydroxylation is 1. The second kappa shape index (κ2) is 11.4. The number of carbonyl (C=O) groups is 1. The third kappa shape index (κ3) is 6.64. The Kier molecular flexibility index (Phi) is 8.33. The molecular formula is C25H34N4O4S. The van der Waals surface area contributed by atoms with Crippen molar-refractivity contribution in [2.75, 3.05) is 64.8 Å². The lowest BCUT2D eigenvalue weighted by atomic mass is 10.1. The second-order valence-corrected chi connectivity index (χ2v) is 10.9. The van der Waals surface area contributed by atoms with Crippen LogP contribution in [-0.2, 0) is 32.5 Å². The Hall–Kier alpha value is -2.30. The summed E-state index contributed by atoms with van der Waals surface area (Å²) in [6.07, 6.45) is 0.878. The van der Waals surface area contributed by atoms with Crippen molar-refractivity contribution in [3.63, 3.8) is 0 Å². The Morgan fingerprint density at radius 1 is 0.941 bits per heavy atom. The first-order valence-electron chi connectivity index (χ1n) is 11.9. The number of morpholine rings is 1. The van der Waals surface area contributed by atoms with Gasteiger partial charge in [-0.25, -0.2) is 8.42 Å². The normalized spacial score (nSPS) is 18.6. The summed E-state index contributed by atoms with van der Waals surface area (Å²) >= 11 is 0. The van der Waals surface area contributed by atoms with Gasteiger partial charge in [-0.3, -0.25) is 9.69 Å². The van der Waals surface area contributed by atoms with Gasteiger partial charge in [-0.1, -0.05) is 24.3 Å². The zero-order valence-corrected chi connectivity index (χ0v) is 20.6. The molecular weight excluding hydrogens is 452 g/mol. The Morgan fingerprint density at radius 2 is 1.65 bits per heavy atom. The van der Waals surface area contributed by atoms with Gasteiger partial charge in [0.25, 0.3) is 0 Å². The molecule has 2 saturated heterocycles. The van der Waals surface area contributed by atoms with E-state index >= 15 is 0 Å². The predicted molar refractivity (Wildman–Crippen MR) is 132 cm³/mol. The summed E-state index contributed by atoms with van der Waals surface area (Å²) in [6.45, 7) is 6.75. The zero-order valence-electron chi connectivity index (χ0n) is 19.8. The number of benzene rings is 2. The van der Waals surface area contributed by atoms with Crippen LogP contribution < -0.4 is 5.32 Å². The number of likely N-dealkylation sites (N-methyl/N-ethyl adjacent to an activating group) is 1. The number of sulfonamides is 1. The number of ether oxygens (including phenoxy) is 1. The molecule has 2 heterocycles. The van der Waals surface area contributed by atoms with Gasteiger partial charge in [-0.15, -0.1) is 0 Å². The summed E-state index contributed by atoms with van der Waals surface area (Å²) in [5.74, 6) is -0.0539. The third-order valence-electron chi connectivity index (χ3n) is 6.38. The standard InChI is InChI=1S/C25H34N4O4S/c1-27-11-13-28(14-12-27)20-22-3-2-4-23(19-22)26-25(30)10-7-21-5-8-24(9-6-21)34(31,32)29-15-17-33-18-16-29/h2-6,8-9,19H,7,10-18,20H2,1H3,(H,26,30). The average Bonchev–Trinajstić information content (AvgIpc) is 2.85. The van der Waals surface area contributed by atoms with Crippen molar-refractivity contribution in [3.8, 4) is 0 Å². The van der Waals surface area contributed by atoms with E-state index in [0.717, 1.165) is 44.0 Å². The maximum Gasteiger partial charge on any atom is 0.243 e. The number of hydrogen-bond acceptors (Lipinski definition) is 6. The van der Waals surface area contributed by atoms with Crippen LogP contribution in [0.25, 0.3) is 0 Å². The quantitative estimate of drug-likeness (QED) is 0.615. The first kappa shape index (κ1) is 24.8. The van der Waals surface area contributed by atoms with E-state index in [4.69, 9.17) is 4.74 Å². The molecule has 0 spiro atoms. The van der Waals surface area contributed by atoms with Crippen molar-refractivity contribution in [1.29, 1.82) is 0 Å². The molecule has 8 nitrogen and oxygen atoms in total. The van der Waals surface area contributed by atoms with Crippen LogP contribution in [0, 0.1) is 0 Å². The maximum absolute atomic E-state index is 12.7. The Labute approximate surface area is 202 Å². The molecule has 0 aromatic heterocycles. The SMILES string of the molecule is CN1CCN(Cc2cccc(NC(=O)CCc3ccc(S(=O)(=O)N4CCOCC4)cc3)c2)CC1. The largest absolute Gasteiger partial charge is 0.379 e. The molecule has 2 aromatic rings. The smallest absolute Gasteiger partial charge is 0.243 e. The molecule has 0 saturated carbocycles. The molecule has 2 aromatic carbocycles. The summed E-state index contributed by atoms with van der Waals surface area (Å²) < 4.78 is 32.2. The minimum absolute atomic E-state index is 0.0539. The minimum atomic E-state index is -3.50. The molecule has 0 bridgehead atoms. The molecule has 1 amide bonds. The van der Waals surface area contributed by atoms with Crippen molar-refractivity contribution < 1.29 is 17.9 Å². The third-order valence-corrected chi connectivity index (χ3v) is 8.30. The van der Waals surface area contributed by atoms with E-state index in [1.54, 1.807) is 24.3 Å². The zero-order chi connectivity index (χ0) is 24.0. The van der Waals surface area contributed by atoms with Crippen molar-refractivity contribution in [3.05, 3.63) is 59.7 Å². The minimum Gasteiger partial charge on any atom is -0.379 e. The highest BCUT2D eigenvalue weighted by Gasteiger charge is 2.26. The lowest BCUT2D eigenvalue weighted by molar-refractivity contribution is -0.116. The summed E-state index contributed by atoms with van der Waals surface area (Å²) in [4.78, 5) is 17.6. The van der Waals surface area contributed by atoms with Gasteiger partial charge in [0.15, 0.2) is 0 Å². The Morgan fingerprint density at radius 3 is 2.35 bits per heavy atom. The molecule has 9 heteroatoms. The summed E-state index contributed by atoms with van der Waals surface area (Å²) in [5, 5.41) is 3.00. The van der Waals surface area contributed by atoms with Crippen LogP contribution in [0.3, 0.4) is 0 Å². The van der Waals surface area contributed by atoms with Gasteiger partial charge in [0.05, 0.1) is 18.1 Å². The molecule has 2 aliphatic rings. The van der Waals surface area contributed by atoms with E-state index in [0.29, 0.717) is 39.1 Å². The molecule has 34 heavy (non-hydrogen) atoms. The molecule has 2 fully saturated rings. The van der Waals surface area contributed by atoms with Crippen molar-refractivity contribution in [2.45, 2.75) is 24.3 Å². The van der Waals surface area contributed by atoms with Crippen LogP contribution in [0.15, 0.2) is 53.4 Å². The van der Waals surface area contributed by atoms with Crippen LogP contribution in [0.2, 0.25) is 0 Å². The molecule has 1 N–H and O–H groups in total. The Bertz CT molecular complexity index is 1060. The first-order valence-corrected chi connectivity index (χ1v) is 13.3. The lowest BCUT2D eigenvalue weighted by Crippen LogP contribution is -2.43. The van der Waals surface area contributed by atoms with E-state index in [-0.39, 0.29) is 10.8 Å². The number of amides is 1. The van der Waals surface area contributed by atoms with Crippen molar-refractivity contribution in [1.82, 2.24) is 14.1 Å². The van der Waals surface area contributed by atoms with Crippen molar-refractivity contribution in [2.24, 2.45) is 0 Å². The number of piperazine rings is 1. The monoisotopic (exact) mass is 486 g/mol. The maximum atomic E-state index is 12.7. The van der Waals surface area contributed by atoms with Gasteiger partial charge < -0.3 is 15.0 Å². The molecule has 184 valence electrons. The molecule has 2 aliphatic heterocycles. The number of anilines is 1. The van der Waals surface area contributed by atoms with Gasteiger partial charge in [-0.05, 0) is 48.9 Å². The molecule has 0 atom stereocenters. The highest BCUT2D eigenvalue weighted by molar-refractivity contribution is 7.89. The van der Waals surface area contributed by atoms with Crippen LogP contribution in [0.4, 0.5) is 5.69 Å². The number of rotatable bonds is 8. The highest BCUT2D eigenvalue weighted by atomic mass is 32.2. The average molecular weight is 487 g/mol. The van der Waals surface area contributed by atoms with Crippen LogP contribution in [0.5, 0.6) is 0 Å². The fraction of sp³-hybridized carbons (Fsp3) is 0.480. The van der Waals surface area contributed by atoms with E-state index in [1.807, 2.05) is 18.2 Å². The highest BCUT2D eigenvalue weighted by Crippen LogP contribution is 2.19. The van der Waals surface area contributed by atoms with Crippen LogP contribution >= 0.6 is 0 Å². The van der Waals surface area contributed by atoms with Gasteiger partial charge >= 0.3 is 0 Å². The van der Waals surface area contributed by atoms with E-state index in [9.17, 15) is 13.2 Å². The Balaban J connectivity index is 1.27. The predicted octanol–water partition coefficient (Wildman–Crippen LogP) is 2.03. The van der Waals surface area contributed by atoms with Gasteiger partial charge in [0.2, 0.25) is 15.9 Å². The summed E-state index contributed by atoms with van der Waals surface area (Å²) in [7, 11) is -1.35. The van der Waals surface area contributed by atoms with E-state index in [2.05, 4.69) is 28.2 Å². The molecule has 4 rings (SSSR count). The first-order chi connectivity index (χ1) is 16.4. The van der Waals surface area contributed by atoms with Gasteiger partial charge in [0, 0.05) is 57.9 Å². The van der Waals surface area contributed by atoms with Crippen molar-refractivity contribution >= 4 is 21.6 Å². The topological polar surface area (TPSA) is 82.2 Å².